The third-order valence-corrected chi connectivity index (χ3v) is 3.44. The second-order valence-corrected chi connectivity index (χ2v) is 4.93. The van der Waals surface area contributed by atoms with E-state index in [1.165, 1.54) is 11.3 Å². The van der Waals surface area contributed by atoms with E-state index in [0.717, 1.165) is 5.39 Å². The molecule has 0 saturated heterocycles. The molecule has 1 N–H and O–H groups in total. The number of carbonyl (C=O) groups excluding carboxylic acids is 1. The van der Waals surface area contributed by atoms with Crippen LogP contribution < -0.4 is 10.1 Å². The van der Waals surface area contributed by atoms with Crippen LogP contribution >= 0.6 is 11.3 Å². The van der Waals surface area contributed by atoms with Gasteiger partial charge in [-0.05, 0) is 25.1 Å². The summed E-state index contributed by atoms with van der Waals surface area (Å²) in [6.07, 6.45) is 3.22. The Morgan fingerprint density at radius 1 is 1.50 bits per heavy atom. The number of nitrogens with zero attached hydrogens (tertiary/aromatic N) is 1. The van der Waals surface area contributed by atoms with E-state index in [0.29, 0.717) is 28.6 Å². The molecule has 6 heteroatoms. The van der Waals surface area contributed by atoms with Crippen LogP contribution in [0, 0.1) is 0 Å². The molecule has 0 saturated carbocycles. The van der Waals surface area contributed by atoms with Crippen molar-refractivity contribution in [2.24, 2.45) is 0 Å². The summed E-state index contributed by atoms with van der Waals surface area (Å²) in [5.41, 5.74) is 1.10. The predicted octanol–water partition coefficient (Wildman–Crippen LogP) is 3.54. The zero-order valence-electron chi connectivity index (χ0n) is 10.8. The van der Waals surface area contributed by atoms with E-state index in [1.807, 2.05) is 13.0 Å². The lowest BCUT2D eigenvalue weighted by Gasteiger charge is -2.07. The Labute approximate surface area is 119 Å². The lowest BCUT2D eigenvalue weighted by molar-refractivity contribution is 0.102. The number of aromatic nitrogens is 1. The number of benzene rings is 1. The molecule has 0 aliphatic heterocycles. The van der Waals surface area contributed by atoms with Gasteiger partial charge in [0.1, 0.15) is 11.3 Å². The number of hydrogen-bond donors (Lipinski definition) is 1. The molecule has 0 bridgehead atoms. The maximum Gasteiger partial charge on any atom is 0.257 e. The van der Waals surface area contributed by atoms with Crippen molar-refractivity contribution in [3.8, 4) is 5.75 Å². The minimum atomic E-state index is -0.237. The summed E-state index contributed by atoms with van der Waals surface area (Å²) in [5, 5.41) is 5.96. The second-order valence-electron chi connectivity index (χ2n) is 4.03. The largest absolute Gasteiger partial charge is 0.493 e. The minimum Gasteiger partial charge on any atom is -0.493 e. The molecular formula is C14H12N2O3S. The van der Waals surface area contributed by atoms with Crippen molar-refractivity contribution < 1.29 is 13.9 Å². The number of furan rings is 1. The van der Waals surface area contributed by atoms with Gasteiger partial charge in [0.05, 0.1) is 18.3 Å². The Kier molecular flexibility index (Phi) is 3.39. The van der Waals surface area contributed by atoms with Gasteiger partial charge >= 0.3 is 0 Å². The molecule has 2 heterocycles. The Bertz CT molecular complexity index is 734. The standard InChI is InChI=1S/C14H12N2O3S/c1-2-18-11-7-9(8-12-10(11)3-5-19-12)13(17)16-14-15-4-6-20-14/h3-8H,2H2,1H3,(H,15,16,17). The Balaban J connectivity index is 1.96. The smallest absolute Gasteiger partial charge is 0.257 e. The molecule has 5 nitrogen and oxygen atoms in total. The number of fused-ring (bicyclic) bond motifs is 1. The molecule has 0 fully saturated rings. The first-order valence-electron chi connectivity index (χ1n) is 6.13. The van der Waals surface area contributed by atoms with Crippen molar-refractivity contribution in [1.29, 1.82) is 0 Å². The number of nitrogens with one attached hydrogen (secondary N) is 1. The molecule has 0 spiro atoms. The van der Waals surface area contributed by atoms with E-state index in [9.17, 15) is 4.79 Å². The van der Waals surface area contributed by atoms with Gasteiger partial charge in [-0.15, -0.1) is 11.3 Å². The quantitative estimate of drug-likeness (QED) is 0.797. The van der Waals surface area contributed by atoms with Gasteiger partial charge in [0, 0.05) is 17.1 Å². The molecule has 102 valence electrons. The molecule has 0 aliphatic rings. The Morgan fingerprint density at radius 2 is 2.40 bits per heavy atom. The van der Waals surface area contributed by atoms with Gasteiger partial charge in [-0.1, -0.05) is 0 Å². The highest BCUT2D eigenvalue weighted by molar-refractivity contribution is 7.13. The molecule has 0 atom stereocenters. The molecule has 0 radical (unpaired) electrons. The lowest BCUT2D eigenvalue weighted by atomic mass is 10.1. The molecule has 3 rings (SSSR count). The second kappa shape index (κ2) is 5.34. The number of rotatable bonds is 4. The Hall–Kier alpha value is -2.34. The number of ether oxygens (including phenoxy) is 1. The van der Waals surface area contributed by atoms with Gasteiger partial charge in [-0.3, -0.25) is 10.1 Å². The summed E-state index contributed by atoms with van der Waals surface area (Å²) in [6.45, 7) is 2.42. The first-order chi connectivity index (χ1) is 9.78. The fourth-order valence-electron chi connectivity index (χ4n) is 1.90. The first-order valence-corrected chi connectivity index (χ1v) is 7.01. The third-order valence-electron chi connectivity index (χ3n) is 2.75. The highest BCUT2D eigenvalue weighted by atomic mass is 32.1. The highest BCUT2D eigenvalue weighted by Gasteiger charge is 2.13. The molecule has 2 aromatic heterocycles. The van der Waals surface area contributed by atoms with Gasteiger partial charge in [0.15, 0.2) is 5.13 Å². The lowest BCUT2D eigenvalue weighted by Crippen LogP contribution is -2.11. The average molecular weight is 288 g/mol. The maximum absolute atomic E-state index is 12.2. The van der Waals surface area contributed by atoms with Crippen molar-refractivity contribution in [3.63, 3.8) is 0 Å². The van der Waals surface area contributed by atoms with Crippen LogP contribution in [-0.2, 0) is 0 Å². The number of hydrogen-bond acceptors (Lipinski definition) is 5. The Morgan fingerprint density at radius 3 is 3.15 bits per heavy atom. The predicted molar refractivity (Wildman–Crippen MR) is 77.5 cm³/mol. The van der Waals surface area contributed by atoms with Crippen LogP contribution in [0.5, 0.6) is 5.75 Å². The molecule has 1 aromatic carbocycles. The van der Waals surface area contributed by atoms with Gasteiger partial charge in [-0.2, -0.15) is 0 Å². The van der Waals surface area contributed by atoms with Crippen molar-refractivity contribution in [2.75, 3.05) is 11.9 Å². The normalized spacial score (nSPS) is 10.7. The molecule has 0 unspecified atom stereocenters. The number of thiazole rings is 1. The molecule has 20 heavy (non-hydrogen) atoms. The van der Waals surface area contributed by atoms with E-state index in [2.05, 4.69) is 10.3 Å². The summed E-state index contributed by atoms with van der Waals surface area (Å²) in [5.74, 6) is 0.405. The number of anilines is 1. The summed E-state index contributed by atoms with van der Waals surface area (Å²) in [7, 11) is 0. The van der Waals surface area contributed by atoms with E-state index in [-0.39, 0.29) is 5.91 Å². The summed E-state index contributed by atoms with van der Waals surface area (Å²) in [4.78, 5) is 16.2. The van der Waals surface area contributed by atoms with Crippen LogP contribution in [0.15, 0.2) is 40.5 Å². The van der Waals surface area contributed by atoms with Crippen molar-refractivity contribution in [3.05, 3.63) is 41.6 Å². The average Bonchev–Trinajstić information content (AvgIpc) is 3.09. The molecular weight excluding hydrogens is 276 g/mol. The third kappa shape index (κ3) is 2.37. The van der Waals surface area contributed by atoms with Crippen molar-refractivity contribution >= 4 is 33.3 Å². The molecule has 0 aliphatic carbocycles. The van der Waals surface area contributed by atoms with Crippen LogP contribution in [-0.4, -0.2) is 17.5 Å². The van der Waals surface area contributed by atoms with E-state index in [4.69, 9.17) is 9.15 Å². The van der Waals surface area contributed by atoms with Crippen LogP contribution in [0.1, 0.15) is 17.3 Å². The maximum atomic E-state index is 12.2. The topological polar surface area (TPSA) is 64.4 Å². The zero-order valence-corrected chi connectivity index (χ0v) is 11.6. The van der Waals surface area contributed by atoms with Crippen LogP contribution in [0.4, 0.5) is 5.13 Å². The van der Waals surface area contributed by atoms with Crippen LogP contribution in [0.25, 0.3) is 11.0 Å². The molecule has 1 amide bonds. The SMILES string of the molecule is CCOc1cc(C(=O)Nc2nccs2)cc2occc12. The molecule has 3 aromatic rings. The summed E-state index contributed by atoms with van der Waals surface area (Å²) >= 11 is 1.37. The fraction of sp³-hybridized carbons (Fsp3) is 0.143. The van der Waals surface area contributed by atoms with Crippen LogP contribution in [0.3, 0.4) is 0 Å². The van der Waals surface area contributed by atoms with Gasteiger partial charge in [-0.25, -0.2) is 4.98 Å². The van der Waals surface area contributed by atoms with E-state index in [1.54, 1.807) is 30.0 Å². The van der Waals surface area contributed by atoms with Crippen molar-refractivity contribution in [2.45, 2.75) is 6.92 Å². The van der Waals surface area contributed by atoms with Gasteiger partial charge in [0.2, 0.25) is 0 Å². The minimum absolute atomic E-state index is 0.237. The summed E-state index contributed by atoms with van der Waals surface area (Å²) in [6, 6.07) is 5.23. The summed E-state index contributed by atoms with van der Waals surface area (Å²) < 4.78 is 10.9. The number of amides is 1. The van der Waals surface area contributed by atoms with Gasteiger partial charge in [0.25, 0.3) is 5.91 Å². The van der Waals surface area contributed by atoms with Gasteiger partial charge < -0.3 is 9.15 Å². The van der Waals surface area contributed by atoms with E-state index < -0.39 is 0 Å². The monoisotopic (exact) mass is 288 g/mol. The van der Waals surface area contributed by atoms with E-state index >= 15 is 0 Å². The first kappa shape index (κ1) is 12.7. The zero-order chi connectivity index (χ0) is 13.9. The fourth-order valence-corrected chi connectivity index (χ4v) is 2.42. The van der Waals surface area contributed by atoms with Crippen molar-refractivity contribution in [1.82, 2.24) is 4.98 Å². The van der Waals surface area contributed by atoms with Crippen LogP contribution in [0.2, 0.25) is 0 Å². The highest BCUT2D eigenvalue weighted by Crippen LogP contribution is 2.29. The number of carbonyl (C=O) groups is 1.